The van der Waals surface area contributed by atoms with Crippen molar-refractivity contribution in [3.8, 4) is 0 Å². The van der Waals surface area contributed by atoms with E-state index in [-0.39, 0.29) is 28.7 Å². The average Bonchev–Trinajstić information content (AvgIpc) is 2.65. The number of hydrogen-bond acceptors (Lipinski definition) is 7. The van der Waals surface area contributed by atoms with Crippen LogP contribution in [0.5, 0.6) is 0 Å². The number of non-ortho nitro benzene ring substituents is 1. The fourth-order valence-electron chi connectivity index (χ4n) is 2.74. The standard InChI is InChI=1S/C16H18N2O7/c1-24-15(20)10-3-5-17(6-4-10)14(19)11-7-12(16(21)25-2)9-13(8-11)18(22)23/h7-10H,3-6H2,1-2H3. The molecule has 0 bridgehead atoms. The molecule has 1 aliphatic heterocycles. The normalized spacial score (nSPS) is 14.7. The molecule has 0 atom stereocenters. The first-order chi connectivity index (χ1) is 11.9. The minimum Gasteiger partial charge on any atom is -0.469 e. The van der Waals surface area contributed by atoms with E-state index in [0.29, 0.717) is 25.9 Å². The van der Waals surface area contributed by atoms with Gasteiger partial charge in [0.2, 0.25) is 0 Å². The van der Waals surface area contributed by atoms with Gasteiger partial charge < -0.3 is 14.4 Å². The molecule has 0 radical (unpaired) electrons. The van der Waals surface area contributed by atoms with Gasteiger partial charge in [0.05, 0.1) is 30.6 Å². The molecule has 0 saturated carbocycles. The van der Waals surface area contributed by atoms with Gasteiger partial charge in [0.1, 0.15) is 0 Å². The molecular weight excluding hydrogens is 332 g/mol. The molecule has 0 unspecified atom stereocenters. The van der Waals surface area contributed by atoms with Crippen LogP contribution in [0.4, 0.5) is 5.69 Å². The number of rotatable bonds is 4. The van der Waals surface area contributed by atoms with Gasteiger partial charge in [0, 0.05) is 30.8 Å². The second-order valence-corrected chi connectivity index (χ2v) is 5.61. The quantitative estimate of drug-likeness (QED) is 0.458. The van der Waals surface area contributed by atoms with Crippen molar-refractivity contribution in [1.29, 1.82) is 0 Å². The number of nitro groups is 1. The van der Waals surface area contributed by atoms with Crippen molar-refractivity contribution in [3.63, 3.8) is 0 Å². The molecule has 0 aliphatic carbocycles. The molecule has 1 aromatic carbocycles. The number of ether oxygens (including phenoxy) is 2. The van der Waals surface area contributed by atoms with Crippen molar-refractivity contribution < 1.29 is 28.8 Å². The average molecular weight is 350 g/mol. The van der Waals surface area contributed by atoms with Crippen molar-refractivity contribution in [3.05, 3.63) is 39.4 Å². The fraction of sp³-hybridized carbons (Fsp3) is 0.438. The number of piperidine rings is 1. The summed E-state index contributed by atoms with van der Waals surface area (Å²) in [6.07, 6.45) is 0.911. The zero-order valence-corrected chi connectivity index (χ0v) is 13.9. The molecule has 1 aromatic rings. The summed E-state index contributed by atoms with van der Waals surface area (Å²) in [6, 6.07) is 3.46. The minimum absolute atomic E-state index is 0.0334. The van der Waals surface area contributed by atoms with E-state index in [2.05, 4.69) is 4.74 Å². The van der Waals surface area contributed by atoms with E-state index in [1.54, 1.807) is 0 Å². The number of esters is 2. The second kappa shape index (κ2) is 7.73. The molecule has 134 valence electrons. The Labute approximate surface area is 143 Å². The van der Waals surface area contributed by atoms with Crippen molar-refractivity contribution in [2.45, 2.75) is 12.8 Å². The summed E-state index contributed by atoms with van der Waals surface area (Å²) in [7, 11) is 2.47. The lowest BCUT2D eigenvalue weighted by Crippen LogP contribution is -2.40. The van der Waals surface area contributed by atoms with Gasteiger partial charge in [0.15, 0.2) is 0 Å². The Kier molecular flexibility index (Phi) is 5.68. The maximum absolute atomic E-state index is 12.6. The maximum atomic E-state index is 12.6. The lowest BCUT2D eigenvalue weighted by atomic mass is 9.96. The summed E-state index contributed by atoms with van der Waals surface area (Å²) < 4.78 is 9.26. The van der Waals surface area contributed by atoms with Crippen LogP contribution in [0.1, 0.15) is 33.6 Å². The first-order valence-electron chi connectivity index (χ1n) is 7.62. The predicted octanol–water partition coefficient (Wildman–Crippen LogP) is 1.41. The van der Waals surface area contributed by atoms with Gasteiger partial charge in [-0.3, -0.25) is 19.7 Å². The highest BCUT2D eigenvalue weighted by molar-refractivity contribution is 5.99. The van der Waals surface area contributed by atoms with E-state index >= 15 is 0 Å². The summed E-state index contributed by atoms with van der Waals surface area (Å²) in [5.74, 6) is -1.76. The minimum atomic E-state index is -0.762. The number of methoxy groups -OCH3 is 2. The van der Waals surface area contributed by atoms with Crippen molar-refractivity contribution in [2.24, 2.45) is 5.92 Å². The maximum Gasteiger partial charge on any atom is 0.338 e. The van der Waals surface area contributed by atoms with Crippen LogP contribution in [0.25, 0.3) is 0 Å². The van der Waals surface area contributed by atoms with Crippen molar-refractivity contribution >= 4 is 23.5 Å². The van der Waals surface area contributed by atoms with Crippen LogP contribution < -0.4 is 0 Å². The lowest BCUT2D eigenvalue weighted by molar-refractivity contribution is -0.384. The number of nitro benzene ring substituents is 1. The Hall–Kier alpha value is -2.97. The molecule has 9 heteroatoms. The van der Waals surface area contributed by atoms with Crippen LogP contribution in [-0.4, -0.2) is 55.0 Å². The number of amides is 1. The number of benzene rings is 1. The second-order valence-electron chi connectivity index (χ2n) is 5.61. The molecule has 1 aliphatic rings. The predicted molar refractivity (Wildman–Crippen MR) is 85.1 cm³/mol. The van der Waals surface area contributed by atoms with Crippen LogP contribution in [0.15, 0.2) is 18.2 Å². The van der Waals surface area contributed by atoms with Crippen LogP contribution in [-0.2, 0) is 14.3 Å². The highest BCUT2D eigenvalue weighted by atomic mass is 16.6. The molecular formula is C16H18N2O7. The zero-order valence-electron chi connectivity index (χ0n) is 13.9. The Balaban J connectivity index is 2.21. The molecule has 1 saturated heterocycles. The number of hydrogen-bond donors (Lipinski definition) is 0. The summed E-state index contributed by atoms with van der Waals surface area (Å²) >= 11 is 0. The molecule has 0 spiro atoms. The molecule has 0 N–H and O–H groups in total. The fourth-order valence-corrected chi connectivity index (χ4v) is 2.74. The Morgan fingerprint density at radius 3 is 2.20 bits per heavy atom. The molecule has 0 aromatic heterocycles. The van der Waals surface area contributed by atoms with Gasteiger partial charge in [-0.25, -0.2) is 4.79 Å². The summed E-state index contributed by atoms with van der Waals surface area (Å²) in [5, 5.41) is 11.0. The highest BCUT2D eigenvalue weighted by Crippen LogP contribution is 2.23. The SMILES string of the molecule is COC(=O)c1cc(C(=O)N2CCC(C(=O)OC)CC2)cc([N+](=O)[O-])c1. The highest BCUT2D eigenvalue weighted by Gasteiger charge is 2.29. The first-order valence-corrected chi connectivity index (χ1v) is 7.62. The van der Waals surface area contributed by atoms with E-state index in [1.807, 2.05) is 0 Å². The molecule has 1 heterocycles. The third-order valence-corrected chi connectivity index (χ3v) is 4.11. The smallest absolute Gasteiger partial charge is 0.338 e. The van der Waals surface area contributed by atoms with Gasteiger partial charge in [0.25, 0.3) is 11.6 Å². The monoisotopic (exact) mass is 350 g/mol. The topological polar surface area (TPSA) is 116 Å². The number of likely N-dealkylation sites (tertiary alicyclic amines) is 1. The summed E-state index contributed by atoms with van der Waals surface area (Å²) in [6.45, 7) is 0.656. The molecule has 1 amide bonds. The number of carbonyl (C=O) groups excluding carboxylic acids is 3. The molecule has 9 nitrogen and oxygen atoms in total. The van der Waals surface area contributed by atoms with Crippen LogP contribution in [0.2, 0.25) is 0 Å². The van der Waals surface area contributed by atoms with Crippen LogP contribution in [0.3, 0.4) is 0 Å². The third-order valence-electron chi connectivity index (χ3n) is 4.11. The van der Waals surface area contributed by atoms with E-state index in [0.717, 1.165) is 19.2 Å². The van der Waals surface area contributed by atoms with E-state index in [9.17, 15) is 24.5 Å². The van der Waals surface area contributed by atoms with Crippen molar-refractivity contribution in [1.82, 2.24) is 4.90 Å². The van der Waals surface area contributed by atoms with E-state index in [1.165, 1.54) is 18.1 Å². The molecule has 2 rings (SSSR count). The largest absolute Gasteiger partial charge is 0.469 e. The van der Waals surface area contributed by atoms with Crippen LogP contribution >= 0.6 is 0 Å². The van der Waals surface area contributed by atoms with Gasteiger partial charge >= 0.3 is 11.9 Å². The Morgan fingerprint density at radius 1 is 1.08 bits per heavy atom. The third kappa shape index (κ3) is 4.11. The van der Waals surface area contributed by atoms with Gasteiger partial charge in [-0.1, -0.05) is 0 Å². The molecule has 1 fully saturated rings. The van der Waals surface area contributed by atoms with E-state index in [4.69, 9.17) is 4.74 Å². The Morgan fingerprint density at radius 2 is 1.68 bits per heavy atom. The van der Waals surface area contributed by atoms with E-state index < -0.39 is 16.8 Å². The van der Waals surface area contributed by atoms with Gasteiger partial charge in [-0.2, -0.15) is 0 Å². The number of nitrogens with zero attached hydrogens (tertiary/aromatic N) is 2. The van der Waals surface area contributed by atoms with Gasteiger partial charge in [-0.05, 0) is 18.9 Å². The molecule has 25 heavy (non-hydrogen) atoms. The first kappa shape index (κ1) is 18.4. The number of carbonyl (C=O) groups is 3. The van der Waals surface area contributed by atoms with Gasteiger partial charge in [-0.15, -0.1) is 0 Å². The lowest BCUT2D eigenvalue weighted by Gasteiger charge is -2.30. The van der Waals surface area contributed by atoms with Crippen LogP contribution in [0, 0.1) is 16.0 Å². The van der Waals surface area contributed by atoms with Crippen molar-refractivity contribution in [2.75, 3.05) is 27.3 Å². The summed E-state index contributed by atoms with van der Waals surface area (Å²) in [5.41, 5.74) is -0.397. The Bertz CT molecular complexity index is 708. The zero-order chi connectivity index (χ0) is 18.6. The summed E-state index contributed by atoms with van der Waals surface area (Å²) in [4.78, 5) is 47.7.